The number of amides is 2. The molecular weight excluding hydrogens is 880 g/mol. The standard InChI is InChI=1S/C29H31NO3S.C22H25NO6S.CH3F/c1-33-29(32)26-19-23(21-34-18-17-22-11-5-2-6-12-22)20-30(26)28(31)27(24-13-7-3-8-14-24)25-15-9-4-10-16-25;1-28-22(25)19-13-16(15-29-30(2,26)27)14-23(19)21(24)20(17-9-5-3-6-10-17)18-11-7-4-8-12-18;1-2/h2-16,23,26-27H,17-21H2,1H3;3-12,16,19-20H,13-15H2,1-2H3;1H3/t23-,26-;16-,19-;/m00./s1/i;;1D. The Hall–Kier alpha value is -5.83. The molecule has 0 saturated carbocycles. The first kappa shape index (κ1) is 49.6. The Morgan fingerprint density at radius 1 is 0.636 bits per heavy atom. The second-order valence-corrected chi connectivity index (χ2v) is 18.9. The molecule has 2 saturated heterocycles. The molecule has 11 nitrogen and oxygen atoms in total. The summed E-state index contributed by atoms with van der Waals surface area (Å²) in [5.74, 6) is -0.238. The van der Waals surface area contributed by atoms with E-state index in [-0.39, 0.29) is 49.2 Å². The van der Waals surface area contributed by atoms with Gasteiger partial charge in [-0.05, 0) is 64.5 Å². The van der Waals surface area contributed by atoms with Crippen LogP contribution in [0.1, 0.15) is 53.9 Å². The van der Waals surface area contributed by atoms with E-state index in [1.165, 1.54) is 24.7 Å². The molecule has 5 aromatic carbocycles. The average Bonchev–Trinajstić information content (AvgIpc) is 3.99. The van der Waals surface area contributed by atoms with E-state index in [0.29, 0.717) is 13.0 Å². The smallest absolute Gasteiger partial charge is 0.328 e. The van der Waals surface area contributed by atoms with Crippen molar-refractivity contribution in [1.82, 2.24) is 9.80 Å². The minimum absolute atomic E-state index is 0.0374. The summed E-state index contributed by atoms with van der Waals surface area (Å²) in [6, 6.07) is 47.5. The summed E-state index contributed by atoms with van der Waals surface area (Å²) in [6.45, 7) is 0.703. The van der Waals surface area contributed by atoms with Crippen molar-refractivity contribution in [3.8, 4) is 0 Å². The van der Waals surface area contributed by atoms with Gasteiger partial charge in [-0.25, -0.2) is 9.59 Å². The number of esters is 2. The van der Waals surface area contributed by atoms with Crippen LogP contribution in [-0.4, -0.2) is 113 Å². The Morgan fingerprint density at radius 2 is 0.985 bits per heavy atom. The van der Waals surface area contributed by atoms with Gasteiger partial charge in [-0.2, -0.15) is 20.2 Å². The SMILES string of the molecule is COC(=O)[C@@H]1C[C@H](COS(C)(=O)=O)CN1C(=O)C(c1ccccc1)c1ccccc1.COC(=O)[C@@H]1C[C@H](CSCCc2ccccc2)CN1C(=O)C(c1ccccc1)c1ccccc1.[2H]CF. The van der Waals surface area contributed by atoms with E-state index in [1.54, 1.807) is 4.90 Å². The Morgan fingerprint density at radius 3 is 1.35 bits per heavy atom. The number of methoxy groups -OCH3 is 2. The highest BCUT2D eigenvalue weighted by molar-refractivity contribution is 7.99. The van der Waals surface area contributed by atoms with Crippen LogP contribution in [0.2, 0.25) is 0 Å². The highest BCUT2D eigenvalue weighted by Gasteiger charge is 2.44. The summed E-state index contributed by atoms with van der Waals surface area (Å²) in [5, 5.41) is 0. The Kier molecular flexibility index (Phi) is 19.4. The largest absolute Gasteiger partial charge is 0.467 e. The number of aryl methyl sites for hydroxylation is 1. The van der Waals surface area contributed by atoms with Gasteiger partial charge in [0.25, 0.3) is 10.1 Å². The molecule has 2 fully saturated rings. The number of rotatable bonds is 16. The van der Waals surface area contributed by atoms with E-state index in [4.69, 9.17) is 15.0 Å². The molecule has 4 atom stereocenters. The van der Waals surface area contributed by atoms with Gasteiger partial charge in [0.1, 0.15) is 12.1 Å². The molecule has 0 aromatic heterocycles. The number of halogens is 1. The number of carbonyl (C=O) groups is 4. The van der Waals surface area contributed by atoms with E-state index in [2.05, 4.69) is 24.3 Å². The number of thioether (sulfide) groups is 1. The van der Waals surface area contributed by atoms with Crippen LogP contribution in [-0.2, 0) is 49.4 Å². The molecule has 0 N–H and O–H groups in total. The minimum atomic E-state index is -3.61. The normalized spacial score (nSPS) is 18.1. The number of carbonyl (C=O) groups excluding carboxylic acids is 4. The first-order valence-corrected chi connectivity index (χ1v) is 24.6. The molecular formula is C52H59FN2O9S2. The topological polar surface area (TPSA) is 137 Å². The number of benzene rings is 5. The van der Waals surface area contributed by atoms with Crippen molar-refractivity contribution in [2.24, 2.45) is 11.8 Å². The van der Waals surface area contributed by atoms with Crippen molar-refractivity contribution >= 4 is 45.6 Å². The van der Waals surface area contributed by atoms with Crippen LogP contribution in [0.15, 0.2) is 152 Å². The zero-order chi connectivity index (χ0) is 48.2. The minimum Gasteiger partial charge on any atom is -0.467 e. The average molecular weight is 940 g/mol. The van der Waals surface area contributed by atoms with Gasteiger partial charge in [0.05, 0.1) is 47.4 Å². The third-order valence-electron chi connectivity index (χ3n) is 11.6. The number of alkyl halides is 1. The van der Waals surface area contributed by atoms with Crippen molar-refractivity contribution in [2.75, 3.05) is 58.8 Å². The predicted molar refractivity (Wildman–Crippen MR) is 256 cm³/mol. The lowest BCUT2D eigenvalue weighted by atomic mass is 9.90. The molecule has 0 spiro atoms. The highest BCUT2D eigenvalue weighted by Crippen LogP contribution is 2.35. The predicted octanol–water partition coefficient (Wildman–Crippen LogP) is 7.96. The molecule has 0 unspecified atom stereocenters. The van der Waals surface area contributed by atoms with Gasteiger partial charge in [0.2, 0.25) is 11.8 Å². The van der Waals surface area contributed by atoms with Crippen LogP contribution in [0.25, 0.3) is 0 Å². The van der Waals surface area contributed by atoms with Crippen LogP contribution in [0.3, 0.4) is 0 Å². The fraction of sp³-hybridized carbons (Fsp3) is 0.346. The molecule has 0 aliphatic carbocycles. The maximum absolute atomic E-state index is 13.9. The molecule has 5 aromatic rings. The maximum atomic E-state index is 13.9. The van der Waals surface area contributed by atoms with Crippen LogP contribution in [0.4, 0.5) is 4.39 Å². The fourth-order valence-electron chi connectivity index (χ4n) is 8.47. The second-order valence-electron chi connectivity index (χ2n) is 16.1. The third-order valence-corrected chi connectivity index (χ3v) is 13.3. The Labute approximate surface area is 394 Å². The van der Waals surface area contributed by atoms with Gasteiger partial charge in [0, 0.05) is 19.0 Å². The van der Waals surface area contributed by atoms with Crippen LogP contribution >= 0.6 is 11.8 Å². The van der Waals surface area contributed by atoms with Gasteiger partial charge < -0.3 is 19.3 Å². The Balaban J connectivity index is 0.000000239. The first-order chi connectivity index (χ1) is 32.4. The molecule has 2 amide bonds. The molecule has 2 aliphatic heterocycles. The molecule has 14 heteroatoms. The van der Waals surface area contributed by atoms with E-state index >= 15 is 0 Å². The summed E-state index contributed by atoms with van der Waals surface area (Å²) < 4.78 is 53.1. The van der Waals surface area contributed by atoms with E-state index in [9.17, 15) is 32.0 Å². The van der Waals surface area contributed by atoms with E-state index in [1.807, 2.05) is 139 Å². The molecule has 0 radical (unpaired) electrons. The number of hydrogen-bond donors (Lipinski definition) is 0. The van der Waals surface area contributed by atoms with Crippen LogP contribution < -0.4 is 0 Å². The summed E-state index contributed by atoms with van der Waals surface area (Å²) in [6.07, 6.45) is 2.92. The lowest BCUT2D eigenvalue weighted by Crippen LogP contribution is -2.43. The van der Waals surface area contributed by atoms with Crippen molar-refractivity contribution in [2.45, 2.75) is 43.2 Å². The zero-order valence-electron chi connectivity index (χ0n) is 38.5. The van der Waals surface area contributed by atoms with Gasteiger partial charge in [0.15, 0.2) is 0 Å². The number of likely N-dealkylation sites (tertiary alicyclic amines) is 2. The van der Waals surface area contributed by atoms with Gasteiger partial charge in [-0.3, -0.25) is 18.2 Å². The van der Waals surface area contributed by atoms with Crippen LogP contribution in [0, 0.1) is 11.8 Å². The fourth-order valence-corrected chi connectivity index (χ4v) is 10.0. The lowest BCUT2D eigenvalue weighted by molar-refractivity contribution is -0.151. The van der Waals surface area contributed by atoms with E-state index < -0.39 is 47.2 Å². The van der Waals surface area contributed by atoms with E-state index in [0.717, 1.165) is 46.4 Å². The van der Waals surface area contributed by atoms with Crippen molar-refractivity contribution < 1.29 is 47.0 Å². The molecule has 0 bridgehead atoms. The van der Waals surface area contributed by atoms with Crippen LogP contribution in [0.5, 0.6) is 0 Å². The molecule has 2 heterocycles. The molecule has 350 valence electrons. The van der Waals surface area contributed by atoms with Gasteiger partial charge in [-0.1, -0.05) is 152 Å². The summed E-state index contributed by atoms with van der Waals surface area (Å²) in [7, 11) is -1.94. The lowest BCUT2D eigenvalue weighted by Gasteiger charge is -2.28. The number of nitrogens with zero attached hydrogens (tertiary/aromatic N) is 2. The molecule has 66 heavy (non-hydrogen) atoms. The van der Waals surface area contributed by atoms with Crippen molar-refractivity contribution in [3.63, 3.8) is 0 Å². The quantitative estimate of drug-likeness (QED) is 0.0545. The molecule has 7 rings (SSSR count). The number of hydrogen-bond acceptors (Lipinski definition) is 10. The first-order valence-electron chi connectivity index (χ1n) is 22.4. The monoisotopic (exact) mass is 939 g/mol. The number of ether oxygens (including phenoxy) is 2. The summed E-state index contributed by atoms with van der Waals surface area (Å²) in [4.78, 5) is 55.9. The van der Waals surface area contributed by atoms with Gasteiger partial charge in [-0.15, -0.1) is 0 Å². The third kappa shape index (κ3) is 14.3. The zero-order valence-corrected chi connectivity index (χ0v) is 39.2. The summed E-state index contributed by atoms with van der Waals surface area (Å²) in [5.41, 5.74) is 4.83. The Bertz CT molecular complexity index is 2330. The summed E-state index contributed by atoms with van der Waals surface area (Å²) >= 11 is 1.89. The van der Waals surface area contributed by atoms with Crippen molar-refractivity contribution in [1.29, 1.82) is 0 Å². The second kappa shape index (κ2) is 25.8. The maximum Gasteiger partial charge on any atom is 0.328 e. The highest BCUT2D eigenvalue weighted by atomic mass is 32.2. The van der Waals surface area contributed by atoms with Gasteiger partial charge >= 0.3 is 11.9 Å². The van der Waals surface area contributed by atoms with Crippen molar-refractivity contribution in [3.05, 3.63) is 179 Å². The molecule has 2 aliphatic rings.